The maximum Gasteiger partial charge on any atom is 0.243 e. The molecule has 0 radical (unpaired) electrons. The van der Waals surface area contributed by atoms with Crippen LogP contribution < -0.4 is 0 Å². The van der Waals surface area contributed by atoms with Crippen molar-refractivity contribution in [1.82, 2.24) is 14.1 Å². The normalized spacial score (nSPS) is 25.0. The highest BCUT2D eigenvalue weighted by Crippen LogP contribution is 2.35. The Hall–Kier alpha value is -2.59. The van der Waals surface area contributed by atoms with Crippen LogP contribution in [-0.2, 0) is 24.4 Å². The van der Waals surface area contributed by atoms with E-state index in [0.29, 0.717) is 12.8 Å². The lowest BCUT2D eigenvalue weighted by atomic mass is 9.85. The van der Waals surface area contributed by atoms with Gasteiger partial charge < -0.3 is 4.90 Å². The lowest BCUT2D eigenvalue weighted by Gasteiger charge is -2.34. The molecule has 0 bridgehead atoms. The molecule has 0 unspecified atom stereocenters. The van der Waals surface area contributed by atoms with Gasteiger partial charge in [-0.1, -0.05) is 18.2 Å². The van der Waals surface area contributed by atoms with Gasteiger partial charge in [0.05, 0.1) is 16.7 Å². The van der Waals surface area contributed by atoms with Gasteiger partial charge in [-0.25, -0.2) is 12.8 Å². The van der Waals surface area contributed by atoms with E-state index in [9.17, 15) is 27.2 Å². The first-order valence-corrected chi connectivity index (χ1v) is 11.3. The number of amides is 3. The first-order valence-electron chi connectivity index (χ1n) is 9.83. The average Bonchev–Trinajstić information content (AvgIpc) is 2.99. The Labute approximate surface area is 174 Å². The van der Waals surface area contributed by atoms with Crippen LogP contribution in [0.4, 0.5) is 4.39 Å². The van der Waals surface area contributed by atoms with Crippen LogP contribution in [0.1, 0.15) is 12.8 Å². The Morgan fingerprint density at radius 3 is 2.17 bits per heavy atom. The molecule has 3 amide bonds. The Kier molecular flexibility index (Phi) is 5.46. The fourth-order valence-corrected chi connectivity index (χ4v) is 5.67. The third-order valence-electron chi connectivity index (χ3n) is 5.92. The Morgan fingerprint density at radius 2 is 1.60 bits per heavy atom. The molecule has 10 heteroatoms. The minimum atomic E-state index is -3.86. The topological polar surface area (TPSA) is 95.1 Å². The van der Waals surface area contributed by atoms with E-state index in [-0.39, 0.29) is 67.2 Å². The molecule has 2 fully saturated rings. The second kappa shape index (κ2) is 7.92. The van der Waals surface area contributed by atoms with Crippen LogP contribution in [0, 0.1) is 17.7 Å². The molecule has 0 aromatic heterocycles. The van der Waals surface area contributed by atoms with Gasteiger partial charge in [0.25, 0.3) is 0 Å². The molecule has 2 atom stereocenters. The lowest BCUT2D eigenvalue weighted by molar-refractivity contribution is -0.147. The van der Waals surface area contributed by atoms with Gasteiger partial charge in [-0.15, -0.1) is 0 Å². The highest BCUT2D eigenvalue weighted by atomic mass is 32.2. The van der Waals surface area contributed by atoms with Crippen LogP contribution in [0.2, 0.25) is 0 Å². The molecular formula is C20H22FN3O5S. The van der Waals surface area contributed by atoms with Crippen molar-refractivity contribution in [3.63, 3.8) is 0 Å². The third-order valence-corrected chi connectivity index (χ3v) is 7.81. The van der Waals surface area contributed by atoms with Gasteiger partial charge in [-0.2, -0.15) is 4.31 Å². The summed E-state index contributed by atoms with van der Waals surface area (Å²) in [6.07, 6.45) is 4.79. The smallest absolute Gasteiger partial charge is 0.243 e. The van der Waals surface area contributed by atoms with Crippen molar-refractivity contribution in [2.75, 3.05) is 32.7 Å². The molecule has 160 valence electrons. The summed E-state index contributed by atoms with van der Waals surface area (Å²) in [5, 5.41) is 0. The molecule has 2 heterocycles. The second-order valence-corrected chi connectivity index (χ2v) is 9.60. The fraction of sp³-hybridized carbons (Fsp3) is 0.450. The van der Waals surface area contributed by atoms with Crippen molar-refractivity contribution in [1.29, 1.82) is 0 Å². The van der Waals surface area contributed by atoms with Crippen molar-refractivity contribution in [2.45, 2.75) is 17.7 Å². The minimum Gasteiger partial charge on any atom is -0.338 e. The molecule has 1 aromatic carbocycles. The number of allylic oxidation sites excluding steroid dienone is 2. The van der Waals surface area contributed by atoms with Crippen LogP contribution in [0.5, 0.6) is 0 Å². The average molecular weight is 435 g/mol. The maximum absolute atomic E-state index is 13.4. The van der Waals surface area contributed by atoms with E-state index in [4.69, 9.17) is 0 Å². The summed E-state index contributed by atoms with van der Waals surface area (Å²) in [5.74, 6) is -2.41. The third kappa shape index (κ3) is 3.65. The first kappa shape index (κ1) is 20.7. The van der Waals surface area contributed by atoms with Gasteiger partial charge in [0.15, 0.2) is 0 Å². The van der Waals surface area contributed by atoms with E-state index < -0.39 is 15.8 Å². The molecule has 0 spiro atoms. The van der Waals surface area contributed by atoms with Crippen LogP contribution in [0.15, 0.2) is 41.3 Å². The summed E-state index contributed by atoms with van der Waals surface area (Å²) in [4.78, 5) is 40.1. The summed E-state index contributed by atoms with van der Waals surface area (Å²) in [6.45, 7) is 0.0701. The molecule has 3 aliphatic rings. The molecule has 0 N–H and O–H groups in total. The van der Waals surface area contributed by atoms with Gasteiger partial charge >= 0.3 is 0 Å². The number of carbonyl (C=O) groups is 3. The van der Waals surface area contributed by atoms with E-state index in [1.165, 1.54) is 27.4 Å². The van der Waals surface area contributed by atoms with Crippen LogP contribution in [0.25, 0.3) is 0 Å². The summed E-state index contributed by atoms with van der Waals surface area (Å²) >= 11 is 0. The number of sulfonamides is 1. The number of hydrogen-bond donors (Lipinski definition) is 0. The predicted octanol–water partition coefficient (Wildman–Crippen LogP) is 0.610. The SMILES string of the molecule is O=C(CN1C(=O)[C@@H]2CC=CC[C@H]2C1=O)N1CCN(S(=O)(=O)c2cccc(F)c2)CC1. The van der Waals surface area contributed by atoms with Crippen molar-refractivity contribution in [3.05, 3.63) is 42.2 Å². The lowest BCUT2D eigenvalue weighted by Crippen LogP contribution is -2.53. The second-order valence-electron chi connectivity index (χ2n) is 7.66. The highest BCUT2D eigenvalue weighted by Gasteiger charge is 2.48. The van der Waals surface area contributed by atoms with Crippen molar-refractivity contribution >= 4 is 27.7 Å². The predicted molar refractivity (Wildman–Crippen MR) is 104 cm³/mol. The Balaban J connectivity index is 1.37. The Morgan fingerprint density at radius 1 is 1.00 bits per heavy atom. The number of fused-ring (bicyclic) bond motifs is 1. The van der Waals surface area contributed by atoms with Gasteiger partial charge in [-0.3, -0.25) is 19.3 Å². The number of rotatable bonds is 4. The molecule has 2 saturated heterocycles. The van der Waals surface area contributed by atoms with Crippen LogP contribution >= 0.6 is 0 Å². The van der Waals surface area contributed by atoms with Gasteiger partial charge in [0, 0.05) is 26.2 Å². The summed E-state index contributed by atoms with van der Waals surface area (Å²) < 4.78 is 40.0. The number of benzene rings is 1. The fourth-order valence-electron chi connectivity index (χ4n) is 4.21. The number of hydrogen-bond acceptors (Lipinski definition) is 5. The molecule has 8 nitrogen and oxygen atoms in total. The van der Waals surface area contributed by atoms with E-state index in [1.807, 2.05) is 12.2 Å². The molecular weight excluding hydrogens is 413 g/mol. The summed E-state index contributed by atoms with van der Waals surface area (Å²) in [5.41, 5.74) is 0. The van der Waals surface area contributed by atoms with Gasteiger partial charge in [0.1, 0.15) is 12.4 Å². The molecule has 1 aromatic rings. The van der Waals surface area contributed by atoms with Crippen LogP contribution in [0.3, 0.4) is 0 Å². The largest absolute Gasteiger partial charge is 0.338 e. The maximum atomic E-state index is 13.4. The molecule has 2 aliphatic heterocycles. The van der Waals surface area contributed by atoms with Crippen molar-refractivity contribution < 1.29 is 27.2 Å². The van der Waals surface area contributed by atoms with E-state index in [2.05, 4.69) is 0 Å². The quantitative estimate of drug-likeness (QED) is 0.510. The number of likely N-dealkylation sites (tertiary alicyclic amines) is 1. The first-order chi connectivity index (χ1) is 14.3. The number of carbonyl (C=O) groups excluding carboxylic acids is 3. The zero-order valence-corrected chi connectivity index (χ0v) is 17.1. The molecule has 4 rings (SSSR count). The number of imide groups is 1. The standard InChI is InChI=1S/C20H22FN3O5S/c21-14-4-3-5-15(12-14)30(28,29)23-10-8-22(9-11-23)18(25)13-24-19(26)16-6-1-2-7-17(16)20(24)27/h1-5,12,16-17H,6-11,13H2/t16-,17-/m1/s1. The minimum absolute atomic E-state index is 0.0572. The number of halogens is 1. The van der Waals surface area contributed by atoms with E-state index in [0.717, 1.165) is 11.0 Å². The number of piperazine rings is 1. The van der Waals surface area contributed by atoms with Crippen LogP contribution in [-0.4, -0.2) is 73.0 Å². The summed E-state index contributed by atoms with van der Waals surface area (Å²) in [6, 6.07) is 4.79. The van der Waals surface area contributed by atoms with Crippen molar-refractivity contribution in [2.24, 2.45) is 11.8 Å². The summed E-state index contributed by atoms with van der Waals surface area (Å²) in [7, 11) is -3.86. The van der Waals surface area contributed by atoms with E-state index in [1.54, 1.807) is 0 Å². The molecule has 0 saturated carbocycles. The highest BCUT2D eigenvalue weighted by molar-refractivity contribution is 7.89. The molecule has 1 aliphatic carbocycles. The zero-order chi connectivity index (χ0) is 21.5. The zero-order valence-electron chi connectivity index (χ0n) is 16.2. The number of nitrogens with zero attached hydrogens (tertiary/aromatic N) is 3. The van der Waals surface area contributed by atoms with Gasteiger partial charge in [0.2, 0.25) is 27.7 Å². The van der Waals surface area contributed by atoms with E-state index >= 15 is 0 Å². The monoisotopic (exact) mass is 435 g/mol. The Bertz CT molecular complexity index is 991. The van der Waals surface area contributed by atoms with Gasteiger partial charge in [-0.05, 0) is 31.0 Å². The molecule has 30 heavy (non-hydrogen) atoms. The van der Waals surface area contributed by atoms with Crippen molar-refractivity contribution in [3.8, 4) is 0 Å².